The molecule has 2 N–H and O–H groups in total. The third kappa shape index (κ3) is 5.10. The monoisotopic (exact) mass is 452 g/mol. The van der Waals surface area contributed by atoms with Gasteiger partial charge in [-0.1, -0.05) is 25.5 Å². The quantitative estimate of drug-likeness (QED) is 0.361. The molecule has 0 amide bonds. The molecule has 6 nitrogen and oxygen atoms in total. The molecule has 1 aliphatic carbocycles. The Bertz CT molecular complexity index is 1060. The Labute approximate surface area is 192 Å². The van der Waals surface area contributed by atoms with Crippen molar-refractivity contribution in [3.63, 3.8) is 0 Å². The molecular formula is C25H28N2O4S. The minimum atomic E-state index is -0.997. The number of benzene rings is 2. The average Bonchev–Trinajstić information content (AvgIpc) is 3.32. The lowest BCUT2D eigenvalue weighted by Gasteiger charge is -2.28. The zero-order chi connectivity index (χ0) is 22.5. The number of oxazole rings is 1. The van der Waals surface area contributed by atoms with Gasteiger partial charge in [0.2, 0.25) is 5.89 Å². The fraction of sp³-hybridized carbons (Fsp3) is 0.360. The van der Waals surface area contributed by atoms with Crippen molar-refractivity contribution in [2.24, 2.45) is 5.92 Å². The van der Waals surface area contributed by atoms with E-state index in [4.69, 9.17) is 14.3 Å². The van der Waals surface area contributed by atoms with Gasteiger partial charge in [-0.05, 0) is 73.4 Å². The van der Waals surface area contributed by atoms with E-state index >= 15 is 0 Å². The summed E-state index contributed by atoms with van der Waals surface area (Å²) in [5, 5.41) is 9.80. The van der Waals surface area contributed by atoms with Gasteiger partial charge in [-0.15, -0.1) is 0 Å². The molecule has 0 unspecified atom stereocenters. The maximum atomic E-state index is 11.1. The van der Waals surface area contributed by atoms with E-state index in [-0.39, 0.29) is 5.56 Å². The smallest absolute Gasteiger partial charge is 0.335 e. The highest BCUT2D eigenvalue weighted by molar-refractivity contribution is 8.00. The lowest BCUT2D eigenvalue weighted by molar-refractivity contribution is 0.0696. The van der Waals surface area contributed by atoms with Crippen LogP contribution in [0.3, 0.4) is 0 Å². The summed E-state index contributed by atoms with van der Waals surface area (Å²) in [5.74, 6) is 1.59. The topological polar surface area (TPSA) is 84.6 Å². The summed E-state index contributed by atoms with van der Waals surface area (Å²) in [5.41, 5.74) is 3.19. The predicted molar refractivity (Wildman–Crippen MR) is 126 cm³/mol. The minimum Gasteiger partial charge on any atom is -0.495 e. The van der Waals surface area contributed by atoms with E-state index in [9.17, 15) is 4.79 Å². The molecule has 3 aromatic rings. The standard InChI is InChI=1S/C25H28N2O4S/c1-3-16-4-6-17(7-5-16)18-8-10-19(11-9-18)24-26-23(15-31-24)32-27-21-13-12-20(25(28)29)14-22(21)30-2/h8-17,27H,3-7H2,1-2H3,(H,28,29)/t16-,17-. The number of carboxylic acid groups (broad SMARTS) is 1. The summed E-state index contributed by atoms with van der Waals surface area (Å²) in [4.78, 5) is 15.7. The summed E-state index contributed by atoms with van der Waals surface area (Å²) in [6.45, 7) is 2.30. The van der Waals surface area contributed by atoms with Crippen LogP contribution in [0.2, 0.25) is 0 Å². The first kappa shape index (κ1) is 22.3. The van der Waals surface area contributed by atoms with E-state index < -0.39 is 5.97 Å². The van der Waals surface area contributed by atoms with Crippen LogP contribution in [0.15, 0.2) is 58.2 Å². The molecule has 1 fully saturated rings. The first-order valence-corrected chi connectivity index (χ1v) is 11.8. The molecule has 0 atom stereocenters. The maximum Gasteiger partial charge on any atom is 0.335 e. The molecule has 0 radical (unpaired) electrons. The molecule has 0 aliphatic heterocycles. The number of aromatic nitrogens is 1. The number of carboxylic acids is 1. The van der Waals surface area contributed by atoms with Gasteiger partial charge >= 0.3 is 5.97 Å². The SMILES string of the molecule is CC[C@H]1CC[C@H](c2ccc(-c3nc(SNc4ccc(C(=O)O)cc4OC)co3)cc2)CC1. The van der Waals surface area contributed by atoms with Gasteiger partial charge in [0.25, 0.3) is 0 Å². The maximum absolute atomic E-state index is 11.1. The van der Waals surface area contributed by atoms with Crippen LogP contribution >= 0.6 is 11.9 Å². The molecule has 0 bridgehead atoms. The van der Waals surface area contributed by atoms with E-state index in [2.05, 4.69) is 40.9 Å². The van der Waals surface area contributed by atoms with E-state index in [0.717, 1.165) is 11.5 Å². The molecular weight excluding hydrogens is 424 g/mol. The Kier molecular flexibility index (Phi) is 7.05. The van der Waals surface area contributed by atoms with Crippen molar-refractivity contribution in [2.75, 3.05) is 11.8 Å². The fourth-order valence-electron chi connectivity index (χ4n) is 4.26. The van der Waals surface area contributed by atoms with E-state index in [0.29, 0.717) is 28.3 Å². The van der Waals surface area contributed by atoms with E-state index in [1.54, 1.807) is 12.3 Å². The van der Waals surface area contributed by atoms with Gasteiger partial charge in [-0.25, -0.2) is 9.78 Å². The molecule has 1 saturated carbocycles. The molecule has 0 spiro atoms. The number of rotatable bonds is 8. The fourth-order valence-corrected chi connectivity index (χ4v) is 4.86. The number of nitrogens with one attached hydrogen (secondary N) is 1. The summed E-state index contributed by atoms with van der Waals surface area (Å²) < 4.78 is 14.1. The molecule has 4 rings (SSSR count). The predicted octanol–water partition coefficient (Wildman–Crippen LogP) is 6.85. The second kappa shape index (κ2) is 10.1. The highest BCUT2D eigenvalue weighted by atomic mass is 32.2. The van der Waals surface area contributed by atoms with Crippen molar-refractivity contribution in [3.05, 3.63) is 59.9 Å². The van der Waals surface area contributed by atoms with Crippen molar-refractivity contribution in [1.82, 2.24) is 4.98 Å². The first-order valence-electron chi connectivity index (χ1n) is 11.0. The highest BCUT2D eigenvalue weighted by Crippen LogP contribution is 2.37. The van der Waals surface area contributed by atoms with Gasteiger partial charge in [-0.2, -0.15) is 0 Å². The highest BCUT2D eigenvalue weighted by Gasteiger charge is 2.21. The molecule has 2 aromatic carbocycles. The van der Waals surface area contributed by atoms with Crippen LogP contribution in [0.4, 0.5) is 5.69 Å². The molecule has 1 aromatic heterocycles. The normalized spacial score (nSPS) is 18.3. The van der Waals surface area contributed by atoms with E-state index in [1.165, 1.54) is 68.9 Å². The molecule has 0 saturated heterocycles. The summed E-state index contributed by atoms with van der Waals surface area (Å²) in [6.07, 6.45) is 8.12. The number of ether oxygens (including phenoxy) is 1. The Morgan fingerprint density at radius 3 is 2.59 bits per heavy atom. The minimum absolute atomic E-state index is 0.169. The molecule has 1 aliphatic rings. The largest absolute Gasteiger partial charge is 0.495 e. The Morgan fingerprint density at radius 1 is 1.19 bits per heavy atom. The Morgan fingerprint density at radius 2 is 1.94 bits per heavy atom. The van der Waals surface area contributed by atoms with Crippen molar-refractivity contribution in [1.29, 1.82) is 0 Å². The average molecular weight is 453 g/mol. The lowest BCUT2D eigenvalue weighted by Crippen LogP contribution is -2.12. The van der Waals surface area contributed by atoms with Crippen molar-refractivity contribution in [3.8, 4) is 17.2 Å². The molecule has 7 heteroatoms. The second-order valence-electron chi connectivity index (χ2n) is 8.16. The van der Waals surface area contributed by atoms with Gasteiger partial charge in [0.05, 0.1) is 18.4 Å². The van der Waals surface area contributed by atoms with Crippen LogP contribution in [-0.2, 0) is 0 Å². The van der Waals surface area contributed by atoms with Crippen LogP contribution in [0.1, 0.15) is 60.9 Å². The van der Waals surface area contributed by atoms with Crippen LogP contribution in [-0.4, -0.2) is 23.2 Å². The van der Waals surface area contributed by atoms with Crippen molar-refractivity contribution in [2.45, 2.75) is 50.0 Å². The van der Waals surface area contributed by atoms with Gasteiger partial charge < -0.3 is 19.0 Å². The number of hydrogen-bond donors (Lipinski definition) is 2. The molecule has 32 heavy (non-hydrogen) atoms. The van der Waals surface area contributed by atoms with E-state index in [1.807, 2.05) is 0 Å². The van der Waals surface area contributed by atoms with Crippen molar-refractivity contribution < 1.29 is 19.1 Å². The number of nitrogens with zero attached hydrogens (tertiary/aromatic N) is 1. The Hall–Kier alpha value is -2.93. The van der Waals surface area contributed by atoms with Gasteiger partial charge in [0.1, 0.15) is 12.0 Å². The molecule has 1 heterocycles. The zero-order valence-electron chi connectivity index (χ0n) is 18.3. The number of aromatic carboxylic acids is 1. The third-order valence-electron chi connectivity index (χ3n) is 6.25. The molecule has 168 valence electrons. The number of carbonyl (C=O) groups is 1. The summed E-state index contributed by atoms with van der Waals surface area (Å²) in [7, 11) is 1.50. The number of anilines is 1. The third-order valence-corrected chi connectivity index (χ3v) is 6.97. The van der Waals surface area contributed by atoms with Crippen LogP contribution in [0.5, 0.6) is 5.75 Å². The zero-order valence-corrected chi connectivity index (χ0v) is 19.2. The Balaban J connectivity index is 1.38. The lowest BCUT2D eigenvalue weighted by atomic mass is 9.78. The first-order chi connectivity index (χ1) is 15.6. The number of hydrogen-bond acceptors (Lipinski definition) is 6. The van der Waals surface area contributed by atoms with Gasteiger partial charge in [-0.3, -0.25) is 0 Å². The van der Waals surface area contributed by atoms with Crippen LogP contribution in [0, 0.1) is 5.92 Å². The summed E-state index contributed by atoms with van der Waals surface area (Å²) in [6, 6.07) is 13.3. The summed E-state index contributed by atoms with van der Waals surface area (Å²) >= 11 is 1.28. The van der Waals surface area contributed by atoms with Crippen LogP contribution in [0.25, 0.3) is 11.5 Å². The van der Waals surface area contributed by atoms with Crippen LogP contribution < -0.4 is 9.46 Å². The van der Waals surface area contributed by atoms with Gasteiger partial charge in [0, 0.05) is 17.5 Å². The number of methoxy groups -OCH3 is 1. The van der Waals surface area contributed by atoms with Crippen molar-refractivity contribution >= 4 is 23.6 Å². The van der Waals surface area contributed by atoms with Gasteiger partial charge in [0.15, 0.2) is 5.03 Å². The second-order valence-corrected chi connectivity index (χ2v) is 8.99.